The summed E-state index contributed by atoms with van der Waals surface area (Å²) in [7, 11) is 0. The van der Waals surface area contributed by atoms with Gasteiger partial charge in [-0.05, 0) is 30.7 Å². The molecule has 3 aromatic carbocycles. The number of carbonyl (C=O) groups excluding carboxylic acids is 1. The van der Waals surface area contributed by atoms with Gasteiger partial charge in [-0.15, -0.1) is 0 Å². The van der Waals surface area contributed by atoms with Crippen LogP contribution in [0.2, 0.25) is 0 Å². The van der Waals surface area contributed by atoms with Crippen molar-refractivity contribution in [2.75, 3.05) is 11.9 Å². The molecule has 1 N–H and O–H groups in total. The SMILES string of the molecule is CCOC(=O)C1=C(c2ccccc2)Nc2nc3ccccc3n2C1c1ccccc1F. The van der Waals surface area contributed by atoms with E-state index in [4.69, 9.17) is 9.72 Å². The fourth-order valence-corrected chi connectivity index (χ4v) is 4.09. The lowest BCUT2D eigenvalue weighted by atomic mass is 9.92. The second-order valence-electron chi connectivity index (χ2n) is 7.22. The lowest BCUT2D eigenvalue weighted by molar-refractivity contribution is -0.138. The number of hydrogen-bond acceptors (Lipinski definition) is 4. The minimum atomic E-state index is -0.737. The number of nitrogens with zero attached hydrogens (tertiary/aromatic N) is 2. The van der Waals surface area contributed by atoms with Crippen molar-refractivity contribution >= 4 is 28.6 Å². The molecule has 31 heavy (non-hydrogen) atoms. The first-order valence-corrected chi connectivity index (χ1v) is 10.1. The van der Waals surface area contributed by atoms with Crippen LogP contribution >= 0.6 is 0 Å². The number of carbonyl (C=O) groups is 1. The number of nitrogens with one attached hydrogen (secondary N) is 1. The van der Waals surface area contributed by atoms with Gasteiger partial charge in [-0.25, -0.2) is 14.2 Å². The van der Waals surface area contributed by atoms with Crippen molar-refractivity contribution < 1.29 is 13.9 Å². The van der Waals surface area contributed by atoms with Crippen LogP contribution in [0.15, 0.2) is 84.4 Å². The molecule has 154 valence electrons. The number of ether oxygens (including phenoxy) is 1. The zero-order chi connectivity index (χ0) is 21.4. The van der Waals surface area contributed by atoms with Crippen molar-refractivity contribution in [1.82, 2.24) is 9.55 Å². The van der Waals surface area contributed by atoms with Crippen LogP contribution in [0.4, 0.5) is 10.3 Å². The lowest BCUT2D eigenvalue weighted by Crippen LogP contribution is -2.29. The Balaban J connectivity index is 1.86. The van der Waals surface area contributed by atoms with E-state index in [1.165, 1.54) is 6.07 Å². The van der Waals surface area contributed by atoms with Crippen molar-refractivity contribution in [2.45, 2.75) is 13.0 Å². The second kappa shape index (κ2) is 7.72. The largest absolute Gasteiger partial charge is 0.463 e. The monoisotopic (exact) mass is 413 g/mol. The van der Waals surface area contributed by atoms with Crippen LogP contribution in [0.3, 0.4) is 0 Å². The summed E-state index contributed by atoms with van der Waals surface area (Å²) in [4.78, 5) is 18.0. The Labute approximate surface area is 178 Å². The fourth-order valence-electron chi connectivity index (χ4n) is 4.09. The molecule has 0 aliphatic carbocycles. The number of rotatable bonds is 4. The van der Waals surface area contributed by atoms with Crippen molar-refractivity contribution in [3.05, 3.63) is 101 Å². The predicted octanol–water partition coefficient (Wildman–Crippen LogP) is 5.16. The molecule has 0 saturated carbocycles. The van der Waals surface area contributed by atoms with Gasteiger partial charge in [0.25, 0.3) is 0 Å². The first-order valence-electron chi connectivity index (χ1n) is 10.1. The summed E-state index contributed by atoms with van der Waals surface area (Å²) in [5.41, 5.74) is 3.63. The van der Waals surface area contributed by atoms with Crippen LogP contribution in [0.5, 0.6) is 0 Å². The molecule has 4 aromatic rings. The van der Waals surface area contributed by atoms with Gasteiger partial charge in [0.05, 0.1) is 35.0 Å². The molecule has 0 radical (unpaired) electrons. The van der Waals surface area contributed by atoms with Crippen LogP contribution in [0.1, 0.15) is 24.1 Å². The highest BCUT2D eigenvalue weighted by Gasteiger charge is 2.37. The highest BCUT2D eigenvalue weighted by atomic mass is 19.1. The molecular weight excluding hydrogens is 393 g/mol. The summed E-state index contributed by atoms with van der Waals surface area (Å²) in [5.74, 6) is -0.348. The number of esters is 1. The maximum atomic E-state index is 15.1. The Morgan fingerprint density at radius 1 is 1.03 bits per heavy atom. The molecule has 0 bridgehead atoms. The van der Waals surface area contributed by atoms with E-state index in [0.29, 0.717) is 22.8 Å². The Hall–Kier alpha value is -3.93. The molecule has 0 fully saturated rings. The number of fused-ring (bicyclic) bond motifs is 3. The molecule has 1 aromatic heterocycles. The predicted molar refractivity (Wildman–Crippen MR) is 118 cm³/mol. The van der Waals surface area contributed by atoms with Gasteiger partial charge < -0.3 is 10.1 Å². The zero-order valence-electron chi connectivity index (χ0n) is 16.9. The van der Waals surface area contributed by atoms with Gasteiger partial charge in [-0.1, -0.05) is 60.7 Å². The van der Waals surface area contributed by atoms with Crippen LogP contribution in [-0.4, -0.2) is 22.1 Å². The molecular formula is C25H20FN3O2. The topological polar surface area (TPSA) is 56.1 Å². The summed E-state index contributed by atoms with van der Waals surface area (Å²) in [5, 5.41) is 3.32. The first-order chi connectivity index (χ1) is 15.2. The average Bonchev–Trinajstić information content (AvgIpc) is 3.17. The highest BCUT2D eigenvalue weighted by Crippen LogP contribution is 2.42. The Bertz CT molecular complexity index is 1310. The van der Waals surface area contributed by atoms with Crippen LogP contribution < -0.4 is 5.32 Å². The molecule has 0 spiro atoms. The summed E-state index contributed by atoms with van der Waals surface area (Å²) in [6.45, 7) is 1.97. The van der Waals surface area contributed by atoms with E-state index in [0.717, 1.165) is 16.6 Å². The number of halogens is 1. The normalized spacial score (nSPS) is 15.5. The number of hydrogen-bond donors (Lipinski definition) is 1. The van der Waals surface area contributed by atoms with Crippen molar-refractivity contribution in [2.24, 2.45) is 0 Å². The van der Waals surface area contributed by atoms with E-state index in [-0.39, 0.29) is 6.61 Å². The third kappa shape index (κ3) is 3.17. The Morgan fingerprint density at radius 3 is 2.52 bits per heavy atom. The van der Waals surface area contributed by atoms with E-state index >= 15 is 4.39 Å². The number of imidazole rings is 1. The quantitative estimate of drug-likeness (QED) is 0.469. The van der Waals surface area contributed by atoms with E-state index in [2.05, 4.69) is 5.32 Å². The van der Waals surface area contributed by atoms with E-state index in [1.54, 1.807) is 25.1 Å². The number of aromatic nitrogens is 2. The zero-order valence-corrected chi connectivity index (χ0v) is 16.9. The highest BCUT2D eigenvalue weighted by molar-refractivity contribution is 6.03. The van der Waals surface area contributed by atoms with E-state index in [1.807, 2.05) is 59.2 Å². The summed E-state index contributed by atoms with van der Waals surface area (Å²) >= 11 is 0. The second-order valence-corrected chi connectivity index (χ2v) is 7.22. The van der Waals surface area contributed by atoms with Crippen LogP contribution in [0, 0.1) is 5.82 Å². The smallest absolute Gasteiger partial charge is 0.338 e. The van der Waals surface area contributed by atoms with Gasteiger partial charge in [0.15, 0.2) is 0 Å². The molecule has 1 aliphatic rings. The molecule has 0 amide bonds. The molecule has 5 rings (SSSR count). The van der Waals surface area contributed by atoms with Gasteiger partial charge in [-0.3, -0.25) is 4.57 Å². The maximum Gasteiger partial charge on any atom is 0.338 e. The molecule has 6 heteroatoms. The standard InChI is InChI=1S/C25H20FN3O2/c1-2-31-24(30)21-22(16-10-4-3-5-11-16)28-25-27-19-14-8-9-15-20(19)29(25)23(21)17-12-6-7-13-18(17)26/h3-15,23H,2H2,1H3,(H,27,28). The van der Waals surface area contributed by atoms with E-state index in [9.17, 15) is 4.79 Å². The third-order valence-electron chi connectivity index (χ3n) is 5.39. The fraction of sp³-hybridized carbons (Fsp3) is 0.120. The molecule has 5 nitrogen and oxygen atoms in total. The summed E-state index contributed by atoms with van der Waals surface area (Å²) in [6, 6.07) is 22.9. The minimum Gasteiger partial charge on any atom is -0.463 e. The van der Waals surface area contributed by atoms with Gasteiger partial charge >= 0.3 is 5.97 Å². The van der Waals surface area contributed by atoms with Crippen molar-refractivity contribution in [3.63, 3.8) is 0 Å². The number of benzene rings is 3. The van der Waals surface area contributed by atoms with Crippen molar-refractivity contribution in [3.8, 4) is 0 Å². The average molecular weight is 413 g/mol. The third-order valence-corrected chi connectivity index (χ3v) is 5.39. The number of anilines is 1. The van der Waals surface area contributed by atoms with Crippen molar-refractivity contribution in [1.29, 1.82) is 0 Å². The molecule has 0 saturated heterocycles. The lowest BCUT2D eigenvalue weighted by Gasteiger charge is -2.31. The Morgan fingerprint density at radius 2 is 1.74 bits per heavy atom. The van der Waals surface area contributed by atoms with Gasteiger partial charge in [0, 0.05) is 5.56 Å². The van der Waals surface area contributed by atoms with Gasteiger partial charge in [0.2, 0.25) is 5.95 Å². The summed E-state index contributed by atoms with van der Waals surface area (Å²) < 4.78 is 22.4. The first kappa shape index (κ1) is 19.1. The van der Waals surface area contributed by atoms with Gasteiger partial charge in [0.1, 0.15) is 5.82 Å². The Kier molecular flexibility index (Phi) is 4.75. The number of para-hydroxylation sites is 2. The summed E-state index contributed by atoms with van der Waals surface area (Å²) in [6.07, 6.45) is 0. The molecule has 1 atom stereocenters. The van der Waals surface area contributed by atoms with Crippen LogP contribution in [-0.2, 0) is 9.53 Å². The van der Waals surface area contributed by atoms with E-state index < -0.39 is 17.8 Å². The van der Waals surface area contributed by atoms with Crippen LogP contribution in [0.25, 0.3) is 16.7 Å². The molecule has 2 heterocycles. The maximum absolute atomic E-state index is 15.1. The molecule has 1 unspecified atom stereocenters. The van der Waals surface area contributed by atoms with Gasteiger partial charge in [-0.2, -0.15) is 0 Å². The minimum absolute atomic E-state index is 0.214. The molecule has 1 aliphatic heterocycles.